The molecule has 0 aliphatic carbocycles. The number of nitrogens with one attached hydrogen (secondary N) is 4. The number of amides is 2. The Balaban J connectivity index is 1.61. The molecule has 2 aromatic carbocycles. The summed E-state index contributed by atoms with van der Waals surface area (Å²) in [5.74, 6) is 0. The summed E-state index contributed by atoms with van der Waals surface area (Å²) in [6.45, 7) is 4.78. The second-order valence-electron chi connectivity index (χ2n) is 7.84. The largest absolute Gasteiger partial charge is 0.361 e. The first kappa shape index (κ1) is 21.9. The Morgan fingerprint density at radius 2 is 1.94 bits per heavy atom. The molecule has 4 aromatic rings. The van der Waals surface area contributed by atoms with E-state index in [2.05, 4.69) is 45.8 Å². The molecule has 0 spiro atoms. The lowest BCUT2D eigenvalue weighted by atomic mass is 10.0. The van der Waals surface area contributed by atoms with Crippen molar-refractivity contribution in [3.8, 4) is 17.2 Å². The first-order valence-electron chi connectivity index (χ1n) is 11.0. The molecule has 0 saturated carbocycles. The molecule has 0 aliphatic rings. The van der Waals surface area contributed by atoms with Crippen LogP contribution in [0.15, 0.2) is 61.1 Å². The SMILES string of the molecule is CCCCNC(=O)Nc1ccc(-c2cncc(C#N)c2Nc2ccc3[nH]ccc3c2C)cc1. The topological polar surface area (TPSA) is 106 Å². The van der Waals surface area contributed by atoms with Crippen molar-refractivity contribution in [3.63, 3.8) is 0 Å². The second kappa shape index (κ2) is 9.88. The second-order valence-corrected chi connectivity index (χ2v) is 7.84. The predicted molar refractivity (Wildman–Crippen MR) is 133 cm³/mol. The Morgan fingerprint density at radius 1 is 1.12 bits per heavy atom. The molecule has 0 atom stereocenters. The van der Waals surface area contributed by atoms with Gasteiger partial charge in [-0.2, -0.15) is 5.26 Å². The summed E-state index contributed by atoms with van der Waals surface area (Å²) in [6.07, 6.45) is 7.19. The maximum Gasteiger partial charge on any atom is 0.319 e. The Hall–Kier alpha value is -4.31. The van der Waals surface area contributed by atoms with Crippen LogP contribution in [0.3, 0.4) is 0 Å². The van der Waals surface area contributed by atoms with Gasteiger partial charge in [-0.25, -0.2) is 4.79 Å². The average Bonchev–Trinajstić information content (AvgIpc) is 3.31. The summed E-state index contributed by atoms with van der Waals surface area (Å²) in [5, 5.41) is 20.0. The van der Waals surface area contributed by atoms with Crippen molar-refractivity contribution >= 4 is 34.0 Å². The van der Waals surface area contributed by atoms with Crippen molar-refractivity contribution in [2.24, 2.45) is 0 Å². The van der Waals surface area contributed by atoms with Crippen LogP contribution in [0.2, 0.25) is 0 Å². The third kappa shape index (κ3) is 4.80. The number of aryl methyl sites for hydroxylation is 1. The number of hydrogen-bond acceptors (Lipinski definition) is 4. The fourth-order valence-electron chi connectivity index (χ4n) is 3.74. The van der Waals surface area contributed by atoms with Crippen LogP contribution >= 0.6 is 0 Å². The fraction of sp³-hybridized carbons (Fsp3) is 0.192. The smallest absolute Gasteiger partial charge is 0.319 e. The highest BCUT2D eigenvalue weighted by Crippen LogP contribution is 2.35. The molecule has 4 N–H and O–H groups in total. The molecule has 0 radical (unpaired) electrons. The summed E-state index contributed by atoms with van der Waals surface area (Å²) in [5.41, 5.74) is 6.63. The summed E-state index contributed by atoms with van der Waals surface area (Å²) < 4.78 is 0. The van der Waals surface area contributed by atoms with E-state index >= 15 is 0 Å². The van der Waals surface area contributed by atoms with E-state index in [0.717, 1.165) is 46.1 Å². The van der Waals surface area contributed by atoms with Crippen molar-refractivity contribution in [1.29, 1.82) is 5.26 Å². The molecule has 33 heavy (non-hydrogen) atoms. The van der Waals surface area contributed by atoms with Crippen molar-refractivity contribution in [2.45, 2.75) is 26.7 Å². The van der Waals surface area contributed by atoms with Gasteiger partial charge in [0, 0.05) is 53.0 Å². The first-order valence-corrected chi connectivity index (χ1v) is 11.0. The molecule has 2 aromatic heterocycles. The van der Waals surface area contributed by atoms with Crippen LogP contribution in [0, 0.1) is 18.3 Å². The summed E-state index contributed by atoms with van der Waals surface area (Å²) in [6, 6.07) is 15.6. The lowest BCUT2D eigenvalue weighted by Crippen LogP contribution is -2.29. The molecule has 0 saturated heterocycles. The van der Waals surface area contributed by atoms with Crippen LogP contribution in [-0.2, 0) is 0 Å². The van der Waals surface area contributed by atoms with E-state index in [9.17, 15) is 10.1 Å². The van der Waals surface area contributed by atoms with E-state index in [-0.39, 0.29) is 6.03 Å². The van der Waals surface area contributed by atoms with Crippen LogP contribution in [0.25, 0.3) is 22.0 Å². The minimum atomic E-state index is -0.220. The van der Waals surface area contributed by atoms with Gasteiger partial charge in [-0.15, -0.1) is 0 Å². The zero-order chi connectivity index (χ0) is 23.2. The van der Waals surface area contributed by atoms with Gasteiger partial charge in [-0.05, 0) is 54.8 Å². The molecule has 0 fully saturated rings. The minimum Gasteiger partial charge on any atom is -0.361 e. The number of carbonyl (C=O) groups excluding carboxylic acids is 1. The number of unbranched alkanes of at least 4 members (excludes halogenated alkanes) is 1. The number of aromatic amines is 1. The number of rotatable bonds is 7. The molecule has 7 heteroatoms. The lowest BCUT2D eigenvalue weighted by molar-refractivity contribution is 0.252. The highest BCUT2D eigenvalue weighted by atomic mass is 16.2. The van der Waals surface area contributed by atoms with Crippen LogP contribution in [0.5, 0.6) is 0 Å². The van der Waals surface area contributed by atoms with E-state index < -0.39 is 0 Å². The number of pyridine rings is 1. The number of nitrogens with zero attached hydrogens (tertiary/aromatic N) is 2. The molecule has 0 unspecified atom stereocenters. The summed E-state index contributed by atoms with van der Waals surface area (Å²) >= 11 is 0. The monoisotopic (exact) mass is 438 g/mol. The Labute approximate surface area is 192 Å². The number of carbonyl (C=O) groups is 1. The molecule has 2 amide bonds. The van der Waals surface area contributed by atoms with Crippen molar-refractivity contribution < 1.29 is 4.79 Å². The molecule has 2 heterocycles. The zero-order valence-electron chi connectivity index (χ0n) is 18.7. The number of urea groups is 1. The molecule has 0 aliphatic heterocycles. The molecule has 4 rings (SSSR count). The number of anilines is 3. The third-order valence-corrected chi connectivity index (χ3v) is 5.60. The van der Waals surface area contributed by atoms with E-state index in [4.69, 9.17) is 0 Å². The number of H-pyrrole nitrogens is 1. The quantitative estimate of drug-likeness (QED) is 0.263. The third-order valence-electron chi connectivity index (χ3n) is 5.60. The Morgan fingerprint density at radius 3 is 2.70 bits per heavy atom. The van der Waals surface area contributed by atoms with Gasteiger partial charge in [-0.1, -0.05) is 25.5 Å². The first-order chi connectivity index (χ1) is 16.1. The normalized spacial score (nSPS) is 10.6. The highest BCUT2D eigenvalue weighted by molar-refractivity contribution is 5.92. The maximum atomic E-state index is 12.0. The number of nitriles is 1. The number of benzene rings is 2. The van der Waals surface area contributed by atoms with Crippen molar-refractivity contribution in [1.82, 2.24) is 15.3 Å². The van der Waals surface area contributed by atoms with E-state index in [0.29, 0.717) is 23.5 Å². The lowest BCUT2D eigenvalue weighted by Gasteiger charge is -2.16. The average molecular weight is 439 g/mol. The van der Waals surface area contributed by atoms with E-state index in [1.807, 2.05) is 48.7 Å². The van der Waals surface area contributed by atoms with Crippen LogP contribution in [0.4, 0.5) is 21.9 Å². The Bertz CT molecular complexity index is 1320. The van der Waals surface area contributed by atoms with Gasteiger partial charge in [0.05, 0.1) is 11.3 Å². The highest BCUT2D eigenvalue weighted by Gasteiger charge is 2.14. The summed E-state index contributed by atoms with van der Waals surface area (Å²) in [7, 11) is 0. The molecule has 0 bridgehead atoms. The minimum absolute atomic E-state index is 0.220. The van der Waals surface area contributed by atoms with Crippen LogP contribution in [-0.4, -0.2) is 22.5 Å². The van der Waals surface area contributed by atoms with Gasteiger partial charge in [0.25, 0.3) is 0 Å². The molecular weight excluding hydrogens is 412 g/mol. The van der Waals surface area contributed by atoms with Gasteiger partial charge in [-0.3, -0.25) is 4.98 Å². The number of hydrogen-bond donors (Lipinski definition) is 4. The predicted octanol–water partition coefficient (Wildman–Crippen LogP) is 6.08. The number of fused-ring (bicyclic) bond motifs is 1. The maximum absolute atomic E-state index is 12.0. The van der Waals surface area contributed by atoms with Crippen molar-refractivity contribution in [2.75, 3.05) is 17.2 Å². The van der Waals surface area contributed by atoms with Crippen LogP contribution in [0.1, 0.15) is 30.9 Å². The van der Waals surface area contributed by atoms with Gasteiger partial charge >= 0.3 is 6.03 Å². The molecule has 166 valence electrons. The Kier molecular flexibility index (Phi) is 6.56. The zero-order valence-corrected chi connectivity index (χ0v) is 18.7. The van der Waals surface area contributed by atoms with Gasteiger partial charge in [0.1, 0.15) is 6.07 Å². The van der Waals surface area contributed by atoms with Gasteiger partial charge in [0.2, 0.25) is 0 Å². The standard InChI is InChI=1S/C26H26N6O/c1-3-4-12-30-26(33)31-20-7-5-18(6-8-20)22-16-28-15-19(14-27)25(22)32-23-9-10-24-21(17(23)2)11-13-29-24/h5-11,13,15-16,29H,3-4,12H2,1-2H3,(H,28,32)(H2,30,31,33). The van der Waals surface area contributed by atoms with Crippen molar-refractivity contribution in [3.05, 3.63) is 72.2 Å². The molecular formula is C26H26N6O. The summed E-state index contributed by atoms with van der Waals surface area (Å²) in [4.78, 5) is 19.5. The van der Waals surface area contributed by atoms with Gasteiger partial charge < -0.3 is 20.9 Å². The molecule has 7 nitrogen and oxygen atoms in total. The fourth-order valence-corrected chi connectivity index (χ4v) is 3.74. The number of aromatic nitrogens is 2. The van der Waals surface area contributed by atoms with E-state index in [1.165, 1.54) is 0 Å². The van der Waals surface area contributed by atoms with Crippen LogP contribution < -0.4 is 16.0 Å². The van der Waals surface area contributed by atoms with Gasteiger partial charge in [0.15, 0.2) is 0 Å². The van der Waals surface area contributed by atoms with E-state index in [1.54, 1.807) is 12.4 Å².